The Labute approximate surface area is 268 Å². The predicted molar refractivity (Wildman–Crippen MR) is 167 cm³/mol. The Hall–Kier alpha value is -5.16. The molecule has 234 valence electrons. The number of para-hydroxylation sites is 1. The highest BCUT2D eigenvalue weighted by Gasteiger charge is 2.54. The summed E-state index contributed by atoms with van der Waals surface area (Å²) in [4.78, 5) is 41.5. The second kappa shape index (κ2) is 13.9. The van der Waals surface area contributed by atoms with E-state index in [1.165, 1.54) is 16.7 Å². The molecule has 2 aliphatic heterocycles. The highest BCUT2D eigenvalue weighted by molar-refractivity contribution is 8.00. The molecule has 0 radical (unpaired) electrons. The van der Waals surface area contributed by atoms with E-state index in [0.717, 1.165) is 12.1 Å². The first kappa shape index (κ1) is 30.8. The van der Waals surface area contributed by atoms with Crippen LogP contribution in [0.4, 0.5) is 8.78 Å². The van der Waals surface area contributed by atoms with E-state index in [4.69, 9.17) is 14.2 Å². The number of hydrogen-bond donors (Lipinski definition) is 1. The van der Waals surface area contributed by atoms with Gasteiger partial charge in [0.25, 0.3) is 11.8 Å². The third-order valence-corrected chi connectivity index (χ3v) is 8.74. The first-order chi connectivity index (χ1) is 22.4. The molecule has 46 heavy (non-hydrogen) atoms. The fraction of sp³-hybridized carbons (Fsp3) is 0.171. The number of carbonyl (C=O) groups is 3. The van der Waals surface area contributed by atoms with E-state index < -0.39 is 46.9 Å². The molecule has 0 aliphatic carbocycles. The van der Waals surface area contributed by atoms with Crippen LogP contribution in [0.3, 0.4) is 0 Å². The standard InChI is InChI=1S/C35H28F2N2O6S/c36-25-16-17-28(27(37)18-25)44-19-24-21-46-34-30(38-29(40)20-43-26-14-8-3-9-15-26)33(41)39(34)31(24)35(42)45-32(22-10-4-1-5-11-22)23-12-6-2-7-13-23/h1-18,30,32,34H,19-21H2,(H,38,40)/t30?,34-/m0/s1. The van der Waals surface area contributed by atoms with Gasteiger partial charge in [-0.15, -0.1) is 11.8 Å². The fourth-order valence-electron chi connectivity index (χ4n) is 5.17. The maximum Gasteiger partial charge on any atom is 0.356 e. The largest absolute Gasteiger partial charge is 0.486 e. The van der Waals surface area contributed by atoms with Gasteiger partial charge in [-0.2, -0.15) is 0 Å². The molecule has 6 rings (SSSR count). The first-order valence-electron chi connectivity index (χ1n) is 14.4. The molecule has 8 nitrogen and oxygen atoms in total. The van der Waals surface area contributed by atoms with Crippen LogP contribution in [0.1, 0.15) is 17.2 Å². The summed E-state index contributed by atoms with van der Waals surface area (Å²) in [7, 11) is 0. The lowest BCUT2D eigenvalue weighted by molar-refractivity contribution is -0.155. The van der Waals surface area contributed by atoms with Crippen molar-refractivity contribution in [1.82, 2.24) is 10.2 Å². The van der Waals surface area contributed by atoms with Gasteiger partial charge in [0.05, 0.1) is 0 Å². The number of fused-ring (bicyclic) bond motifs is 1. The minimum absolute atomic E-state index is 0.0424. The number of halogens is 2. The zero-order chi connectivity index (χ0) is 32.0. The van der Waals surface area contributed by atoms with Crippen molar-refractivity contribution >= 4 is 29.5 Å². The number of rotatable bonds is 11. The van der Waals surface area contributed by atoms with Gasteiger partial charge in [-0.05, 0) is 35.4 Å². The average Bonchev–Trinajstić information content (AvgIpc) is 3.09. The normalized spacial score (nSPS) is 17.2. The van der Waals surface area contributed by atoms with Gasteiger partial charge in [0.2, 0.25) is 0 Å². The van der Waals surface area contributed by atoms with Gasteiger partial charge in [0.1, 0.15) is 35.3 Å². The summed E-state index contributed by atoms with van der Waals surface area (Å²) in [5, 5.41) is 2.10. The lowest BCUT2D eigenvalue weighted by Crippen LogP contribution is -2.71. The Kier molecular flexibility index (Phi) is 9.30. The lowest BCUT2D eigenvalue weighted by atomic mass is 10.0. The van der Waals surface area contributed by atoms with Crippen LogP contribution in [0.25, 0.3) is 0 Å². The molecule has 0 saturated carbocycles. The Morgan fingerprint density at radius 2 is 1.50 bits per heavy atom. The molecule has 1 saturated heterocycles. The summed E-state index contributed by atoms with van der Waals surface area (Å²) in [6.45, 7) is -0.562. The Morgan fingerprint density at radius 1 is 0.870 bits per heavy atom. The molecule has 4 aromatic carbocycles. The number of esters is 1. The summed E-state index contributed by atoms with van der Waals surface area (Å²) in [6, 6.07) is 29.1. The molecule has 11 heteroatoms. The molecular formula is C35H28F2N2O6S. The molecule has 1 unspecified atom stereocenters. The van der Waals surface area contributed by atoms with Crippen LogP contribution in [-0.4, -0.2) is 53.1 Å². The summed E-state index contributed by atoms with van der Waals surface area (Å²) in [6.07, 6.45) is -0.797. The quantitative estimate of drug-likeness (QED) is 0.173. The van der Waals surface area contributed by atoms with Crippen LogP contribution in [0.5, 0.6) is 11.5 Å². The second-order valence-corrected chi connectivity index (χ2v) is 11.6. The van der Waals surface area contributed by atoms with Gasteiger partial charge >= 0.3 is 5.97 Å². The number of carbonyl (C=O) groups excluding carboxylic acids is 3. The van der Waals surface area contributed by atoms with Gasteiger partial charge in [-0.3, -0.25) is 14.5 Å². The molecule has 1 fully saturated rings. The van der Waals surface area contributed by atoms with E-state index in [1.54, 1.807) is 24.3 Å². The minimum Gasteiger partial charge on any atom is -0.486 e. The third-order valence-electron chi connectivity index (χ3n) is 7.40. The Bertz CT molecular complexity index is 1720. The van der Waals surface area contributed by atoms with Crippen molar-refractivity contribution < 1.29 is 37.4 Å². The molecule has 2 aliphatic rings. The molecule has 0 spiro atoms. The van der Waals surface area contributed by atoms with Gasteiger partial charge in [0.15, 0.2) is 24.3 Å². The van der Waals surface area contributed by atoms with Crippen molar-refractivity contribution in [2.75, 3.05) is 19.0 Å². The number of nitrogens with zero attached hydrogens (tertiary/aromatic N) is 1. The lowest BCUT2D eigenvalue weighted by Gasteiger charge is -2.49. The maximum absolute atomic E-state index is 14.4. The molecule has 4 aromatic rings. The van der Waals surface area contributed by atoms with Crippen LogP contribution < -0.4 is 14.8 Å². The van der Waals surface area contributed by atoms with Gasteiger partial charge in [0, 0.05) is 17.4 Å². The molecule has 2 amide bonds. The molecule has 2 heterocycles. The maximum atomic E-state index is 14.4. The van der Waals surface area contributed by atoms with Crippen molar-refractivity contribution in [3.05, 3.63) is 143 Å². The summed E-state index contributed by atoms with van der Waals surface area (Å²) in [5.74, 6) is -2.94. The Morgan fingerprint density at radius 3 is 2.13 bits per heavy atom. The monoisotopic (exact) mass is 642 g/mol. The van der Waals surface area contributed by atoms with Crippen molar-refractivity contribution in [2.45, 2.75) is 17.5 Å². The number of ether oxygens (including phenoxy) is 3. The highest BCUT2D eigenvalue weighted by atomic mass is 32.2. The van der Waals surface area contributed by atoms with E-state index in [2.05, 4.69) is 5.32 Å². The first-order valence-corrected chi connectivity index (χ1v) is 15.5. The highest BCUT2D eigenvalue weighted by Crippen LogP contribution is 2.42. The number of benzene rings is 4. The number of thioether (sulfide) groups is 1. The zero-order valence-electron chi connectivity index (χ0n) is 24.3. The van der Waals surface area contributed by atoms with E-state index in [0.29, 0.717) is 28.5 Å². The van der Waals surface area contributed by atoms with E-state index in [1.807, 2.05) is 66.7 Å². The fourth-order valence-corrected chi connectivity index (χ4v) is 6.49. The van der Waals surface area contributed by atoms with Gasteiger partial charge < -0.3 is 19.5 Å². The summed E-state index contributed by atoms with van der Waals surface area (Å²) in [5.41, 5.74) is 1.77. The van der Waals surface area contributed by atoms with Gasteiger partial charge in [-0.1, -0.05) is 78.9 Å². The van der Waals surface area contributed by atoms with Crippen LogP contribution in [-0.2, 0) is 19.1 Å². The smallest absolute Gasteiger partial charge is 0.356 e. The Balaban J connectivity index is 1.25. The van der Waals surface area contributed by atoms with Crippen molar-refractivity contribution in [2.24, 2.45) is 0 Å². The molecule has 1 N–H and O–H groups in total. The van der Waals surface area contributed by atoms with Crippen LogP contribution in [0, 0.1) is 11.6 Å². The van der Waals surface area contributed by atoms with Crippen molar-refractivity contribution in [1.29, 1.82) is 0 Å². The summed E-state index contributed by atoms with van der Waals surface area (Å²) >= 11 is 1.31. The topological polar surface area (TPSA) is 94.2 Å². The van der Waals surface area contributed by atoms with Crippen LogP contribution >= 0.6 is 11.8 Å². The number of β-lactam (4-membered cyclic amide) rings is 1. The zero-order valence-corrected chi connectivity index (χ0v) is 25.1. The molecule has 0 aromatic heterocycles. The van der Waals surface area contributed by atoms with Crippen LogP contribution in [0.15, 0.2) is 120 Å². The van der Waals surface area contributed by atoms with E-state index in [-0.39, 0.29) is 30.4 Å². The van der Waals surface area contributed by atoms with Crippen molar-refractivity contribution in [3.8, 4) is 11.5 Å². The second-order valence-electron chi connectivity index (χ2n) is 10.5. The number of amides is 2. The minimum atomic E-state index is -0.907. The SMILES string of the molecule is O=C(COc1ccccc1)NC1C(=O)N2C(C(=O)OC(c3ccccc3)c3ccccc3)=C(COc3ccc(F)cc3F)CS[C@@H]12. The van der Waals surface area contributed by atoms with Crippen molar-refractivity contribution in [3.63, 3.8) is 0 Å². The van der Waals surface area contributed by atoms with Gasteiger partial charge in [-0.25, -0.2) is 13.6 Å². The van der Waals surface area contributed by atoms with E-state index >= 15 is 0 Å². The number of hydrogen-bond acceptors (Lipinski definition) is 7. The predicted octanol–water partition coefficient (Wildman–Crippen LogP) is 5.41. The van der Waals surface area contributed by atoms with Crippen LogP contribution in [0.2, 0.25) is 0 Å². The summed E-state index contributed by atoms with van der Waals surface area (Å²) < 4.78 is 45.1. The average molecular weight is 643 g/mol. The van der Waals surface area contributed by atoms with E-state index in [9.17, 15) is 23.2 Å². The molecule has 2 atom stereocenters. The molecule has 0 bridgehead atoms. The molecular weight excluding hydrogens is 614 g/mol. The number of nitrogens with one attached hydrogen (secondary N) is 1. The third kappa shape index (κ3) is 6.74.